The second-order valence-electron chi connectivity index (χ2n) is 4.83. The molecular weight excluding hydrogens is 242 g/mol. The zero-order valence-corrected chi connectivity index (χ0v) is 12.8. The number of unbranched alkanes of at least 4 members (excludes halogenated alkanes) is 9. The number of hydrogen-bond donors (Lipinski definition) is 3. The van der Waals surface area contributed by atoms with E-state index in [4.69, 9.17) is 10.2 Å². The molecule has 0 spiro atoms. The van der Waals surface area contributed by atoms with Gasteiger partial charge in [-0.25, -0.2) is 0 Å². The number of carboxylic acids is 1. The summed E-state index contributed by atoms with van der Waals surface area (Å²) in [7, 11) is 1.59. The molecule has 116 valence electrons. The quantitative estimate of drug-likeness (QED) is 0.478. The number of aliphatic carboxylic acids is 1. The van der Waals surface area contributed by atoms with Crippen LogP contribution >= 0.6 is 0 Å². The third-order valence-corrected chi connectivity index (χ3v) is 2.84. The molecule has 0 aliphatic carbocycles. The van der Waals surface area contributed by atoms with E-state index in [1.54, 1.807) is 7.05 Å². The van der Waals surface area contributed by atoms with E-state index in [0.717, 1.165) is 6.42 Å². The van der Waals surface area contributed by atoms with Crippen molar-refractivity contribution >= 4 is 5.97 Å². The number of carboxylic acid groups (broad SMARTS) is 1. The highest BCUT2D eigenvalue weighted by Gasteiger charge is 1.91. The number of hydrogen-bond acceptors (Lipinski definition) is 3. The largest absolute Gasteiger partial charge is 0.480 e. The predicted molar refractivity (Wildman–Crippen MR) is 80.5 cm³/mol. The second-order valence-corrected chi connectivity index (χ2v) is 4.83. The molecule has 0 unspecified atom stereocenters. The van der Waals surface area contributed by atoms with E-state index in [2.05, 4.69) is 12.2 Å². The highest BCUT2D eigenvalue weighted by Crippen LogP contribution is 2.09. The summed E-state index contributed by atoms with van der Waals surface area (Å²) in [5.74, 6) is -0.822. The summed E-state index contributed by atoms with van der Waals surface area (Å²) in [6.07, 6.45) is 13.3. The number of carbonyl (C=O) groups is 1. The van der Waals surface area contributed by atoms with Crippen LogP contribution in [0.2, 0.25) is 0 Å². The van der Waals surface area contributed by atoms with Crippen LogP contribution in [0.5, 0.6) is 0 Å². The van der Waals surface area contributed by atoms with Gasteiger partial charge in [0.25, 0.3) is 0 Å². The molecule has 19 heavy (non-hydrogen) atoms. The average molecular weight is 275 g/mol. The van der Waals surface area contributed by atoms with Gasteiger partial charge in [0.05, 0.1) is 6.54 Å². The van der Waals surface area contributed by atoms with Crippen molar-refractivity contribution in [3.63, 3.8) is 0 Å². The molecule has 0 atom stereocenters. The zero-order valence-electron chi connectivity index (χ0n) is 12.8. The van der Waals surface area contributed by atoms with Gasteiger partial charge in [0.15, 0.2) is 0 Å². The highest BCUT2D eigenvalue weighted by atomic mass is 16.4. The fourth-order valence-corrected chi connectivity index (χ4v) is 1.75. The van der Waals surface area contributed by atoms with Gasteiger partial charge in [-0.05, 0) is 13.5 Å². The van der Waals surface area contributed by atoms with Crippen LogP contribution in [-0.4, -0.2) is 36.4 Å². The third kappa shape index (κ3) is 26.8. The van der Waals surface area contributed by atoms with Gasteiger partial charge in [0.1, 0.15) is 0 Å². The van der Waals surface area contributed by atoms with Crippen LogP contribution in [0.1, 0.15) is 71.1 Å². The Morgan fingerprint density at radius 2 is 1.32 bits per heavy atom. The summed E-state index contributed by atoms with van der Waals surface area (Å²) in [5, 5.41) is 18.9. The number of aliphatic hydroxyl groups excluding tert-OH is 1. The van der Waals surface area contributed by atoms with Gasteiger partial charge in [-0.1, -0.05) is 64.7 Å². The van der Waals surface area contributed by atoms with Gasteiger partial charge in [-0.2, -0.15) is 0 Å². The smallest absolute Gasteiger partial charge is 0.317 e. The Bertz CT molecular complexity index is 165. The first-order valence-corrected chi connectivity index (χ1v) is 7.66. The lowest BCUT2D eigenvalue weighted by atomic mass is 10.1. The fraction of sp³-hybridized carbons (Fsp3) is 0.933. The third-order valence-electron chi connectivity index (χ3n) is 2.84. The number of rotatable bonds is 12. The fourth-order valence-electron chi connectivity index (χ4n) is 1.75. The van der Waals surface area contributed by atoms with Crippen LogP contribution in [0, 0.1) is 0 Å². The maximum atomic E-state index is 9.54. The normalized spacial score (nSPS) is 9.84. The van der Waals surface area contributed by atoms with Crippen LogP contribution in [0.3, 0.4) is 0 Å². The van der Waals surface area contributed by atoms with Crippen molar-refractivity contribution in [2.24, 2.45) is 0 Å². The van der Waals surface area contributed by atoms with Crippen LogP contribution in [0.25, 0.3) is 0 Å². The van der Waals surface area contributed by atoms with Crippen LogP contribution in [-0.2, 0) is 4.79 Å². The minimum absolute atomic E-state index is 0.0417. The summed E-state index contributed by atoms with van der Waals surface area (Å²) in [4.78, 5) is 9.54. The lowest BCUT2D eigenvalue weighted by Gasteiger charge is -2.00. The van der Waals surface area contributed by atoms with E-state index >= 15 is 0 Å². The molecule has 0 radical (unpaired) electrons. The Kier molecular flexibility index (Phi) is 21.5. The van der Waals surface area contributed by atoms with E-state index in [1.165, 1.54) is 57.8 Å². The van der Waals surface area contributed by atoms with Gasteiger partial charge in [-0.15, -0.1) is 0 Å². The van der Waals surface area contributed by atoms with Crippen molar-refractivity contribution in [1.82, 2.24) is 5.32 Å². The lowest BCUT2D eigenvalue weighted by molar-refractivity contribution is -0.135. The molecule has 0 saturated carbocycles. The molecule has 0 aliphatic rings. The van der Waals surface area contributed by atoms with Crippen molar-refractivity contribution < 1.29 is 15.0 Å². The molecule has 0 fully saturated rings. The van der Waals surface area contributed by atoms with Gasteiger partial charge >= 0.3 is 5.97 Å². The van der Waals surface area contributed by atoms with Crippen molar-refractivity contribution in [3.05, 3.63) is 0 Å². The Morgan fingerprint density at radius 3 is 1.58 bits per heavy atom. The molecule has 4 nitrogen and oxygen atoms in total. The topological polar surface area (TPSA) is 69.6 Å². The van der Waals surface area contributed by atoms with Crippen molar-refractivity contribution in [1.29, 1.82) is 0 Å². The molecular formula is C15H33NO3. The molecule has 0 bridgehead atoms. The summed E-state index contributed by atoms with van der Waals surface area (Å²) in [6.45, 7) is 2.67. The highest BCUT2D eigenvalue weighted by molar-refractivity contribution is 5.68. The minimum Gasteiger partial charge on any atom is -0.480 e. The van der Waals surface area contributed by atoms with Crippen molar-refractivity contribution in [2.75, 3.05) is 20.2 Å². The molecule has 0 saturated heterocycles. The number of aliphatic hydroxyl groups is 1. The maximum absolute atomic E-state index is 9.54. The van der Waals surface area contributed by atoms with Gasteiger partial charge < -0.3 is 15.5 Å². The second kappa shape index (κ2) is 19.7. The van der Waals surface area contributed by atoms with Crippen LogP contribution < -0.4 is 5.32 Å². The molecule has 0 amide bonds. The van der Waals surface area contributed by atoms with E-state index in [0.29, 0.717) is 6.61 Å². The molecule has 0 rings (SSSR count). The van der Waals surface area contributed by atoms with Gasteiger partial charge in [0.2, 0.25) is 0 Å². The van der Waals surface area contributed by atoms with E-state index < -0.39 is 5.97 Å². The molecule has 0 aromatic carbocycles. The van der Waals surface area contributed by atoms with Gasteiger partial charge in [0, 0.05) is 6.61 Å². The van der Waals surface area contributed by atoms with E-state index in [1.807, 2.05) is 0 Å². The first-order valence-electron chi connectivity index (χ1n) is 7.66. The van der Waals surface area contributed by atoms with Crippen LogP contribution in [0.4, 0.5) is 0 Å². The maximum Gasteiger partial charge on any atom is 0.317 e. The average Bonchev–Trinajstić information content (AvgIpc) is 2.37. The zero-order chi connectivity index (χ0) is 14.8. The Morgan fingerprint density at radius 1 is 0.895 bits per heavy atom. The van der Waals surface area contributed by atoms with E-state index in [-0.39, 0.29) is 6.54 Å². The summed E-state index contributed by atoms with van der Waals surface area (Å²) in [5.41, 5.74) is 0. The number of nitrogens with one attached hydrogen (secondary N) is 1. The Labute approximate surface area is 118 Å². The van der Waals surface area contributed by atoms with Crippen molar-refractivity contribution in [2.45, 2.75) is 71.1 Å². The van der Waals surface area contributed by atoms with Gasteiger partial charge in [-0.3, -0.25) is 4.79 Å². The van der Waals surface area contributed by atoms with Crippen molar-refractivity contribution in [3.8, 4) is 0 Å². The van der Waals surface area contributed by atoms with Crippen LogP contribution in [0.15, 0.2) is 0 Å². The molecule has 0 aliphatic heterocycles. The molecule has 0 heterocycles. The Balaban J connectivity index is 0. The standard InChI is InChI=1S/C12H26O.C3H7NO2/c1-2-3-4-5-6-7-8-9-10-11-12-13;1-4-2-3(5)6/h13H,2-12H2,1H3;4H,2H2,1H3,(H,5,6). The summed E-state index contributed by atoms with van der Waals surface area (Å²) < 4.78 is 0. The summed E-state index contributed by atoms with van der Waals surface area (Å²) >= 11 is 0. The lowest BCUT2D eigenvalue weighted by Crippen LogP contribution is -2.16. The Hall–Kier alpha value is -0.610. The first kappa shape index (κ1) is 20.7. The minimum atomic E-state index is -0.822. The SMILES string of the molecule is CCCCCCCCCCCCO.CNCC(=O)O. The summed E-state index contributed by atoms with van der Waals surface area (Å²) in [6, 6.07) is 0. The number of likely N-dealkylation sites (N-methyl/N-ethyl adjacent to an activating group) is 1. The molecule has 0 aromatic rings. The molecule has 4 heteroatoms. The molecule has 3 N–H and O–H groups in total. The first-order chi connectivity index (χ1) is 9.18. The predicted octanol–water partition coefficient (Wildman–Crippen LogP) is 3.19. The van der Waals surface area contributed by atoms with E-state index in [9.17, 15) is 4.79 Å². The monoisotopic (exact) mass is 275 g/mol. The molecule has 0 aromatic heterocycles.